The third-order valence-corrected chi connectivity index (χ3v) is 11.5. The summed E-state index contributed by atoms with van der Waals surface area (Å²) in [6.07, 6.45) is 3.19. The van der Waals surface area contributed by atoms with E-state index < -0.39 is 17.5 Å². The van der Waals surface area contributed by atoms with Gasteiger partial charge in [0.2, 0.25) is 0 Å². The van der Waals surface area contributed by atoms with Gasteiger partial charge in [0.15, 0.2) is 17.3 Å². The first kappa shape index (κ1) is 82.0. The zero-order valence-electron chi connectivity index (χ0n) is 46.9. The van der Waals surface area contributed by atoms with Crippen molar-refractivity contribution in [1.82, 2.24) is 20.6 Å². The molecule has 1 amide bonds. The number of Topliss-reactive ketones (excluding diaryl/α,β-unsaturated/α-hetero) is 3. The molecule has 1 saturated heterocycles. The molecule has 2 atom stereocenters. The van der Waals surface area contributed by atoms with Gasteiger partial charge in [-0.25, -0.2) is 22.6 Å². The third-order valence-electron chi connectivity index (χ3n) is 10.4. The zero-order chi connectivity index (χ0) is 57.0. The quantitative estimate of drug-likeness (QED) is 0.0317. The summed E-state index contributed by atoms with van der Waals surface area (Å²) in [5, 5.41) is 7.07. The fourth-order valence-corrected chi connectivity index (χ4v) is 6.64. The van der Waals surface area contributed by atoms with Crippen LogP contribution >= 0.6 is 31.9 Å². The maximum Gasteiger partial charge on any atom is 2.00 e. The molecule has 0 spiro atoms. The number of nitrogens with two attached hydrogens (primary N) is 1. The molecule has 11 nitrogen and oxygen atoms in total. The Labute approximate surface area is 517 Å². The first-order valence-electron chi connectivity index (χ1n) is 24.4. The molecule has 80 heavy (non-hydrogen) atoms. The Balaban J connectivity index is -0.000000440. The minimum absolute atomic E-state index is 0. The van der Waals surface area contributed by atoms with E-state index in [1.165, 1.54) is 100 Å². The minimum Gasteiger partial charge on any atom is -1.00 e. The molecule has 1 aliphatic heterocycles. The molecule has 0 saturated carbocycles. The SMILES string of the molecule is C.C1CCOC1.CC(=O)c1cccc(F)c1.CN(C)CCC(=O)c1ccccc1F.CNC.CON(C)C(=O)c1cccc(F)c1.C[C@H](N)c1ccc(Br)cc1.C[C@H](NCCC(=O)c1ccccc1F)c1ccc(Br)cc1.[Br-].[CH3-].[Mg+2]. The number of hydrogen-bond acceptors (Lipinski definition) is 10. The number of halogens is 7. The third kappa shape index (κ3) is 36.1. The number of benzene rings is 6. The Morgan fingerprint density at radius 1 is 0.662 bits per heavy atom. The summed E-state index contributed by atoms with van der Waals surface area (Å²) in [7, 11) is 10.4. The van der Waals surface area contributed by atoms with Crippen molar-refractivity contribution in [3.05, 3.63) is 219 Å². The van der Waals surface area contributed by atoms with Crippen LogP contribution < -0.4 is 33.3 Å². The van der Waals surface area contributed by atoms with E-state index in [4.69, 9.17) is 10.5 Å². The van der Waals surface area contributed by atoms with Crippen LogP contribution in [-0.2, 0) is 9.57 Å². The number of rotatable bonds is 14. The molecular weight excluding hydrogens is 1240 g/mol. The number of hydrogen-bond donors (Lipinski definition) is 3. The van der Waals surface area contributed by atoms with Crippen LogP contribution in [0.25, 0.3) is 0 Å². The summed E-state index contributed by atoms with van der Waals surface area (Å²) >= 11 is 6.75. The largest absolute Gasteiger partial charge is 2.00 e. The number of carbonyl (C=O) groups excluding carboxylic acids is 4. The molecule has 19 heteroatoms. The number of ketones is 3. The second-order valence-corrected chi connectivity index (χ2v) is 18.9. The van der Waals surface area contributed by atoms with Gasteiger partial charge in [0, 0.05) is 78.3 Å². The van der Waals surface area contributed by atoms with Gasteiger partial charge in [0.25, 0.3) is 5.91 Å². The molecule has 0 aliphatic carbocycles. The van der Waals surface area contributed by atoms with Crippen molar-refractivity contribution in [3.63, 3.8) is 0 Å². The van der Waals surface area contributed by atoms with E-state index in [1.54, 1.807) is 30.3 Å². The van der Waals surface area contributed by atoms with E-state index in [1.807, 2.05) is 95.5 Å². The Hall–Kier alpha value is -4.51. The van der Waals surface area contributed by atoms with Crippen LogP contribution in [0.2, 0.25) is 0 Å². The molecule has 0 radical (unpaired) electrons. The predicted octanol–water partition coefficient (Wildman–Crippen LogP) is 10.8. The monoisotopic (exact) mass is 1320 g/mol. The van der Waals surface area contributed by atoms with Gasteiger partial charge in [-0.05, 0) is 152 Å². The molecule has 0 unspecified atom stereocenters. The Bertz CT molecular complexity index is 2610. The Morgan fingerprint density at radius 2 is 1.07 bits per heavy atom. The average molecular weight is 1320 g/mol. The van der Waals surface area contributed by atoms with E-state index in [2.05, 4.69) is 47.3 Å². The molecule has 436 valence electrons. The number of hydroxylamine groups is 2. The predicted molar refractivity (Wildman–Crippen MR) is 322 cm³/mol. The zero-order valence-corrected chi connectivity index (χ0v) is 53.1. The molecule has 1 heterocycles. The summed E-state index contributed by atoms with van der Waals surface area (Å²) in [5.74, 6) is -2.50. The molecule has 6 aromatic rings. The fraction of sp³-hybridized carbons (Fsp3) is 0.328. The Kier molecular flexibility index (Phi) is 49.2. The van der Waals surface area contributed by atoms with Crippen LogP contribution in [0.15, 0.2) is 155 Å². The van der Waals surface area contributed by atoms with Crippen LogP contribution in [0.3, 0.4) is 0 Å². The maximum atomic E-state index is 13.5. The second kappa shape index (κ2) is 48.1. The van der Waals surface area contributed by atoms with Crippen molar-refractivity contribution in [2.45, 2.75) is 66.0 Å². The first-order chi connectivity index (χ1) is 36.1. The fourth-order valence-electron chi connectivity index (χ4n) is 6.11. The molecule has 6 aromatic carbocycles. The number of nitrogens with zero attached hydrogens (tertiary/aromatic N) is 2. The van der Waals surface area contributed by atoms with Crippen LogP contribution in [-0.4, -0.2) is 125 Å². The van der Waals surface area contributed by atoms with Gasteiger partial charge in [-0.15, -0.1) is 0 Å². The Morgan fingerprint density at radius 3 is 1.44 bits per heavy atom. The summed E-state index contributed by atoms with van der Waals surface area (Å²) in [4.78, 5) is 52.0. The van der Waals surface area contributed by atoms with Crippen LogP contribution in [0.1, 0.15) is 119 Å². The first-order valence-corrected chi connectivity index (χ1v) is 25.9. The molecular formula is C61H80Br3F4MgN5O6. The van der Waals surface area contributed by atoms with Gasteiger partial charge >= 0.3 is 23.1 Å². The number of carbonyl (C=O) groups is 4. The standard InChI is InChI=1S/C17H17BrFNO.C11H14FNO.C9H10FNO2.C8H10BrN.C8H7FO.C4H8O.C2H7N.CH4.CH3.BrH.Mg/c1-12(13-6-8-14(18)9-7-13)20-11-10-17(21)15-4-2-3-5-16(15)19;1-13(2)8-7-11(14)9-5-3-4-6-10(9)12;1-11(13-2)9(12)7-4-3-5-8(10)6-7;1-6(10)7-2-4-8(9)5-3-7;1-6(10)7-3-2-4-8(9)5-7;1-2-4-5-3-1;1-3-2;;;;/h2-9,12,20H,10-11H2,1H3;3-6H,7-8H2,1-2H3;3-6H,1-2H3;2-6H,10H2,1H3;2-5H,1H3;1-4H2;3H,1-2H3;1H4;1H3;1H;/q;;;;;;;;-1;;+2/p-1/t12-;;;6-;;;;;;;/m0..0......./s1. The van der Waals surface area contributed by atoms with Crippen LogP contribution in [0.5, 0.6) is 0 Å². The van der Waals surface area contributed by atoms with Gasteiger partial charge in [0.05, 0.1) is 18.2 Å². The number of nitrogens with one attached hydrogen (secondary N) is 2. The molecule has 0 aromatic heterocycles. The molecule has 1 fully saturated rings. The topological polar surface area (TPSA) is 143 Å². The number of ether oxygens (including phenoxy) is 1. The van der Waals surface area contributed by atoms with Gasteiger partial charge < -0.3 is 50.4 Å². The van der Waals surface area contributed by atoms with E-state index in [-0.39, 0.29) is 119 Å². The molecule has 4 N–H and O–H groups in total. The van der Waals surface area contributed by atoms with Gasteiger partial charge in [-0.2, -0.15) is 0 Å². The van der Waals surface area contributed by atoms with Crippen LogP contribution in [0, 0.1) is 30.7 Å². The smallest absolute Gasteiger partial charge is 1.00 e. The van der Waals surface area contributed by atoms with Crippen molar-refractivity contribution in [3.8, 4) is 0 Å². The van der Waals surface area contributed by atoms with Crippen molar-refractivity contribution >= 4 is 78.2 Å². The second-order valence-electron chi connectivity index (χ2n) is 17.1. The molecule has 7 rings (SSSR count). The normalized spacial score (nSPS) is 11.2. The minimum atomic E-state index is -0.455. The van der Waals surface area contributed by atoms with Crippen molar-refractivity contribution < 1.29 is 63.3 Å². The van der Waals surface area contributed by atoms with E-state index >= 15 is 0 Å². The van der Waals surface area contributed by atoms with Crippen molar-refractivity contribution in [1.29, 1.82) is 0 Å². The van der Waals surface area contributed by atoms with Gasteiger partial charge in [0.1, 0.15) is 23.3 Å². The van der Waals surface area contributed by atoms with E-state index in [0.29, 0.717) is 25.1 Å². The average Bonchev–Trinajstić information content (AvgIpc) is 4.00. The van der Waals surface area contributed by atoms with E-state index in [0.717, 1.165) is 38.9 Å². The molecule has 1 aliphatic rings. The summed E-state index contributed by atoms with van der Waals surface area (Å²) in [5.41, 5.74) is 9.00. The van der Waals surface area contributed by atoms with Gasteiger partial charge in [-0.1, -0.05) is 106 Å². The summed E-state index contributed by atoms with van der Waals surface area (Å²) in [6, 6.07) is 39.6. The maximum absolute atomic E-state index is 13.5. The van der Waals surface area contributed by atoms with Gasteiger partial charge in [-0.3, -0.25) is 24.0 Å². The van der Waals surface area contributed by atoms with Crippen molar-refractivity contribution in [2.75, 3.05) is 68.7 Å². The molecule has 0 bridgehead atoms. The van der Waals surface area contributed by atoms with E-state index in [9.17, 15) is 36.7 Å². The van der Waals surface area contributed by atoms with Crippen molar-refractivity contribution in [2.24, 2.45) is 5.73 Å². The van der Waals surface area contributed by atoms with Crippen LogP contribution in [0.4, 0.5) is 17.6 Å². The number of amides is 1. The summed E-state index contributed by atoms with van der Waals surface area (Å²) < 4.78 is 58.7. The summed E-state index contributed by atoms with van der Waals surface area (Å²) in [6.45, 7) is 8.59.